The molecule has 0 aromatic rings. The lowest BCUT2D eigenvalue weighted by Crippen LogP contribution is -2.41. The highest BCUT2D eigenvalue weighted by molar-refractivity contribution is 5.93. The van der Waals surface area contributed by atoms with Crippen LogP contribution >= 0.6 is 0 Å². The molecule has 2 amide bonds. The number of cyclic esters (lactones) is 1. The number of carbonyl (C=O) groups excluding carboxylic acids is 2. The van der Waals surface area contributed by atoms with Crippen LogP contribution in [-0.2, 0) is 9.53 Å². The van der Waals surface area contributed by atoms with Crippen molar-refractivity contribution in [3.05, 3.63) is 10.4 Å². The lowest BCUT2D eigenvalue weighted by molar-refractivity contribution is -0.129. The average molecular weight is 338 g/mol. The van der Waals surface area contributed by atoms with Crippen LogP contribution in [0.2, 0.25) is 0 Å². The highest BCUT2D eigenvalue weighted by atomic mass is 16.6. The fourth-order valence-corrected chi connectivity index (χ4v) is 2.90. The van der Waals surface area contributed by atoms with Crippen molar-refractivity contribution < 1.29 is 14.3 Å². The molecule has 136 valence electrons. The minimum Gasteiger partial charge on any atom is -0.447 e. The second kappa shape index (κ2) is 11.7. The lowest BCUT2D eigenvalue weighted by Gasteiger charge is -2.22. The number of azide groups is 1. The van der Waals surface area contributed by atoms with Gasteiger partial charge in [0.1, 0.15) is 6.61 Å². The molecule has 24 heavy (non-hydrogen) atoms. The van der Waals surface area contributed by atoms with Crippen LogP contribution in [0.15, 0.2) is 5.11 Å². The van der Waals surface area contributed by atoms with Crippen molar-refractivity contribution in [3.8, 4) is 0 Å². The van der Waals surface area contributed by atoms with E-state index < -0.39 is 6.09 Å². The maximum absolute atomic E-state index is 12.2. The molecule has 0 bridgehead atoms. The summed E-state index contributed by atoms with van der Waals surface area (Å²) < 4.78 is 5.01. The zero-order chi connectivity index (χ0) is 17.8. The van der Waals surface area contributed by atoms with Crippen LogP contribution in [0, 0.1) is 5.92 Å². The summed E-state index contributed by atoms with van der Waals surface area (Å²) in [6.07, 6.45) is 8.45. The molecule has 1 aliphatic rings. The fraction of sp³-hybridized carbons (Fsp3) is 0.882. The van der Waals surface area contributed by atoms with Gasteiger partial charge in [0.05, 0.1) is 6.04 Å². The minimum absolute atomic E-state index is 0.103. The van der Waals surface area contributed by atoms with Crippen molar-refractivity contribution in [2.75, 3.05) is 13.2 Å². The van der Waals surface area contributed by atoms with Crippen LogP contribution in [0.1, 0.15) is 71.6 Å². The molecule has 1 saturated heterocycles. The summed E-state index contributed by atoms with van der Waals surface area (Å²) in [5.74, 6) is 0.119. The predicted octanol–water partition coefficient (Wildman–Crippen LogP) is 4.81. The Balaban J connectivity index is 2.05. The number of unbranched alkanes of at least 4 members (excludes halogenated alkanes) is 7. The van der Waals surface area contributed by atoms with Crippen molar-refractivity contribution in [1.29, 1.82) is 0 Å². The predicted molar refractivity (Wildman–Crippen MR) is 92.4 cm³/mol. The first kappa shape index (κ1) is 20.3. The van der Waals surface area contributed by atoms with E-state index in [2.05, 4.69) is 10.0 Å². The number of amides is 2. The molecule has 7 heteroatoms. The van der Waals surface area contributed by atoms with E-state index in [1.807, 2.05) is 13.8 Å². The lowest BCUT2D eigenvalue weighted by atomic mass is 10.0. The van der Waals surface area contributed by atoms with Crippen molar-refractivity contribution >= 4 is 12.0 Å². The van der Waals surface area contributed by atoms with E-state index in [0.717, 1.165) is 44.9 Å². The first-order valence-electron chi connectivity index (χ1n) is 9.07. The second-order valence-electron chi connectivity index (χ2n) is 6.68. The third-order valence-corrected chi connectivity index (χ3v) is 4.41. The summed E-state index contributed by atoms with van der Waals surface area (Å²) in [6, 6.07) is -0.115. The van der Waals surface area contributed by atoms with Gasteiger partial charge in [-0.15, -0.1) is 0 Å². The Morgan fingerprint density at radius 2 is 1.79 bits per heavy atom. The van der Waals surface area contributed by atoms with Gasteiger partial charge in [-0.05, 0) is 24.3 Å². The molecule has 1 rings (SSSR count). The maximum Gasteiger partial charge on any atom is 0.416 e. The average Bonchev–Trinajstić information content (AvgIpc) is 2.94. The molecule has 1 heterocycles. The molecule has 1 fully saturated rings. The largest absolute Gasteiger partial charge is 0.447 e. The van der Waals surface area contributed by atoms with E-state index in [1.54, 1.807) is 0 Å². The summed E-state index contributed by atoms with van der Waals surface area (Å²) >= 11 is 0. The number of hydrogen-bond donors (Lipinski definition) is 0. The molecule has 0 spiro atoms. The molecular formula is C17H30N4O3. The van der Waals surface area contributed by atoms with Crippen LogP contribution in [-0.4, -0.2) is 36.1 Å². The first-order chi connectivity index (χ1) is 11.6. The van der Waals surface area contributed by atoms with Gasteiger partial charge in [0, 0.05) is 17.9 Å². The zero-order valence-electron chi connectivity index (χ0n) is 14.9. The maximum atomic E-state index is 12.2. The SMILES string of the molecule is CC(C)[C@H]1COC(=O)N1C(=O)CCCCCCCCCCN=[N+]=[N-]. The number of ether oxygens (including phenoxy) is 1. The monoisotopic (exact) mass is 338 g/mol. The van der Waals surface area contributed by atoms with E-state index in [4.69, 9.17) is 10.3 Å². The van der Waals surface area contributed by atoms with Gasteiger partial charge in [0.2, 0.25) is 5.91 Å². The highest BCUT2D eigenvalue weighted by Gasteiger charge is 2.38. The minimum atomic E-state index is -0.487. The quantitative estimate of drug-likeness (QED) is 0.221. The molecule has 7 nitrogen and oxygen atoms in total. The summed E-state index contributed by atoms with van der Waals surface area (Å²) in [7, 11) is 0. The molecule has 1 atom stereocenters. The number of hydrogen-bond acceptors (Lipinski definition) is 4. The molecule has 0 unspecified atom stereocenters. The fourth-order valence-electron chi connectivity index (χ4n) is 2.90. The van der Waals surface area contributed by atoms with Crippen molar-refractivity contribution in [2.45, 2.75) is 77.7 Å². The molecule has 0 N–H and O–H groups in total. The smallest absolute Gasteiger partial charge is 0.416 e. The Morgan fingerprint density at radius 1 is 1.21 bits per heavy atom. The van der Waals surface area contributed by atoms with Crippen LogP contribution in [0.4, 0.5) is 4.79 Å². The van der Waals surface area contributed by atoms with Gasteiger partial charge in [-0.1, -0.05) is 57.5 Å². The van der Waals surface area contributed by atoms with Crippen LogP contribution in [0.25, 0.3) is 10.4 Å². The van der Waals surface area contributed by atoms with Gasteiger partial charge >= 0.3 is 6.09 Å². The normalized spacial score (nSPS) is 17.0. The molecular weight excluding hydrogens is 308 g/mol. The Labute approximate surface area is 144 Å². The van der Waals surface area contributed by atoms with Crippen molar-refractivity contribution in [3.63, 3.8) is 0 Å². The molecule has 0 aromatic carbocycles. The van der Waals surface area contributed by atoms with Gasteiger partial charge in [-0.3, -0.25) is 4.79 Å². The Hall–Kier alpha value is -1.75. The van der Waals surface area contributed by atoms with E-state index in [1.165, 1.54) is 11.3 Å². The van der Waals surface area contributed by atoms with Crippen LogP contribution < -0.4 is 0 Å². The molecule has 0 radical (unpaired) electrons. The third-order valence-electron chi connectivity index (χ3n) is 4.41. The zero-order valence-corrected chi connectivity index (χ0v) is 14.9. The number of rotatable bonds is 12. The van der Waals surface area contributed by atoms with Gasteiger partial charge in [0.15, 0.2) is 0 Å². The molecule has 0 aromatic heterocycles. The molecule has 1 aliphatic heterocycles. The van der Waals surface area contributed by atoms with E-state index in [0.29, 0.717) is 19.6 Å². The van der Waals surface area contributed by atoms with Crippen LogP contribution in [0.3, 0.4) is 0 Å². The standard InChI is InChI=1S/C17H30N4O3/c1-14(2)15-13-24-17(23)21(15)16(22)11-9-7-5-3-4-6-8-10-12-19-20-18/h14-15H,3-13H2,1-2H3/t15-/m1/s1. The second-order valence-corrected chi connectivity index (χ2v) is 6.68. The van der Waals surface area contributed by atoms with Crippen molar-refractivity contribution in [1.82, 2.24) is 4.90 Å². The summed E-state index contributed by atoms with van der Waals surface area (Å²) in [5.41, 5.74) is 8.16. The molecule has 0 saturated carbocycles. The summed E-state index contributed by atoms with van der Waals surface area (Å²) in [5, 5.41) is 3.51. The Morgan fingerprint density at radius 3 is 2.38 bits per heavy atom. The number of nitrogens with zero attached hydrogens (tertiary/aromatic N) is 4. The van der Waals surface area contributed by atoms with Crippen LogP contribution in [0.5, 0.6) is 0 Å². The van der Waals surface area contributed by atoms with Gasteiger partial charge < -0.3 is 4.74 Å². The Bertz CT molecular complexity index is 447. The summed E-state index contributed by atoms with van der Waals surface area (Å²) in [4.78, 5) is 28.0. The molecule has 0 aliphatic carbocycles. The Kier molecular flexibility index (Phi) is 9.92. The van der Waals surface area contributed by atoms with Gasteiger partial charge in [0.25, 0.3) is 0 Å². The van der Waals surface area contributed by atoms with E-state index in [9.17, 15) is 9.59 Å². The highest BCUT2D eigenvalue weighted by Crippen LogP contribution is 2.21. The van der Waals surface area contributed by atoms with Crippen molar-refractivity contribution in [2.24, 2.45) is 11.0 Å². The summed E-state index contributed by atoms with van der Waals surface area (Å²) in [6.45, 7) is 4.91. The van der Waals surface area contributed by atoms with Gasteiger partial charge in [-0.2, -0.15) is 0 Å². The third kappa shape index (κ3) is 7.21. The van der Waals surface area contributed by atoms with E-state index in [-0.39, 0.29) is 17.9 Å². The first-order valence-corrected chi connectivity index (χ1v) is 9.07. The van der Waals surface area contributed by atoms with Gasteiger partial charge in [-0.25, -0.2) is 9.69 Å². The topological polar surface area (TPSA) is 95.4 Å². The number of imide groups is 1. The number of carbonyl (C=O) groups is 2. The van der Waals surface area contributed by atoms with E-state index >= 15 is 0 Å².